The molecule has 0 N–H and O–H groups in total. The van der Waals surface area contributed by atoms with E-state index < -0.39 is 9.05 Å². The first kappa shape index (κ1) is 16.9. The summed E-state index contributed by atoms with van der Waals surface area (Å²) in [7, 11) is 1.36. The van der Waals surface area contributed by atoms with E-state index in [1.165, 1.54) is 12.1 Å². The van der Waals surface area contributed by atoms with E-state index in [2.05, 4.69) is 15.9 Å². The van der Waals surface area contributed by atoms with Gasteiger partial charge in [0.05, 0.1) is 14.9 Å². The summed E-state index contributed by atoms with van der Waals surface area (Å²) in [5.41, 5.74) is 0.916. The van der Waals surface area contributed by atoms with E-state index in [0.29, 0.717) is 0 Å². The molecule has 21 heavy (non-hydrogen) atoms. The van der Waals surface area contributed by atoms with Crippen molar-refractivity contribution in [2.75, 3.05) is 0 Å². The Hall–Kier alpha value is -0.460. The molecule has 0 aliphatic rings. The van der Waals surface area contributed by atoms with Crippen LogP contribution in [0.1, 0.15) is 5.56 Å². The van der Waals surface area contributed by atoms with E-state index in [4.69, 9.17) is 38.6 Å². The summed E-state index contributed by atoms with van der Waals surface area (Å²) < 4.78 is 29.0. The Morgan fingerprint density at radius 3 is 2.05 bits per heavy atom. The van der Waals surface area contributed by atoms with E-state index in [-0.39, 0.29) is 27.3 Å². The summed E-state index contributed by atoms with van der Waals surface area (Å²) in [4.78, 5) is -0.171. The maximum atomic E-state index is 11.3. The minimum absolute atomic E-state index is 0.0823. The number of benzene rings is 2. The molecule has 0 amide bonds. The van der Waals surface area contributed by atoms with Crippen LogP contribution in [0.5, 0.6) is 5.75 Å². The summed E-state index contributed by atoms with van der Waals surface area (Å²) >= 11 is 15.3. The minimum Gasteiger partial charge on any atom is -0.486 e. The zero-order chi connectivity index (χ0) is 15.6. The van der Waals surface area contributed by atoms with Gasteiger partial charge in [0.15, 0.2) is 5.75 Å². The Labute approximate surface area is 145 Å². The first-order valence-electron chi connectivity index (χ1n) is 5.58. The molecular weight excluding hydrogens is 422 g/mol. The molecule has 0 saturated carbocycles. The van der Waals surface area contributed by atoms with Crippen LogP contribution in [0, 0.1) is 0 Å². The summed E-state index contributed by atoms with van der Waals surface area (Å²) in [6.45, 7) is 0.250. The Kier molecular flexibility index (Phi) is 5.43. The monoisotopic (exact) mass is 428 g/mol. The number of hydrogen-bond donors (Lipinski definition) is 0. The van der Waals surface area contributed by atoms with Gasteiger partial charge in [-0.3, -0.25) is 0 Å². The maximum Gasteiger partial charge on any atom is 0.261 e. The topological polar surface area (TPSA) is 43.4 Å². The van der Waals surface area contributed by atoms with Gasteiger partial charge in [-0.1, -0.05) is 51.3 Å². The van der Waals surface area contributed by atoms with Crippen molar-refractivity contribution in [3.63, 3.8) is 0 Å². The van der Waals surface area contributed by atoms with Crippen molar-refractivity contribution in [1.82, 2.24) is 0 Å². The highest BCUT2D eigenvalue weighted by Gasteiger charge is 2.17. The lowest BCUT2D eigenvalue weighted by Gasteiger charge is -2.11. The number of halogens is 4. The summed E-state index contributed by atoms with van der Waals surface area (Å²) in [6.07, 6.45) is 0. The van der Waals surface area contributed by atoms with Crippen molar-refractivity contribution in [2.24, 2.45) is 0 Å². The van der Waals surface area contributed by atoms with Crippen LogP contribution >= 0.6 is 49.8 Å². The normalized spacial score (nSPS) is 11.4. The molecule has 2 aromatic rings. The molecule has 8 heteroatoms. The third kappa shape index (κ3) is 4.50. The number of rotatable bonds is 4. The summed E-state index contributed by atoms with van der Waals surface area (Å²) in [5.74, 6) is 0.213. The van der Waals surface area contributed by atoms with Gasteiger partial charge in [0.1, 0.15) is 6.61 Å². The molecule has 3 nitrogen and oxygen atoms in total. The molecule has 2 aromatic carbocycles. The molecule has 0 fully saturated rings. The zero-order valence-electron chi connectivity index (χ0n) is 10.3. The van der Waals surface area contributed by atoms with Gasteiger partial charge in [-0.05, 0) is 29.8 Å². The van der Waals surface area contributed by atoms with Crippen LogP contribution < -0.4 is 4.74 Å². The third-order valence-corrected chi connectivity index (χ3v) is 4.97. The van der Waals surface area contributed by atoms with Gasteiger partial charge in [-0.2, -0.15) is 0 Å². The van der Waals surface area contributed by atoms with Crippen molar-refractivity contribution < 1.29 is 13.2 Å². The van der Waals surface area contributed by atoms with E-state index >= 15 is 0 Å². The summed E-state index contributed by atoms with van der Waals surface area (Å²) in [5, 5.41) is 0.165. The molecule has 0 saturated heterocycles. The molecule has 0 atom stereocenters. The second-order valence-electron chi connectivity index (χ2n) is 4.07. The fourth-order valence-corrected chi connectivity index (χ4v) is 3.33. The Morgan fingerprint density at radius 1 is 1.05 bits per heavy atom. The van der Waals surface area contributed by atoms with Gasteiger partial charge in [0.2, 0.25) is 0 Å². The van der Waals surface area contributed by atoms with Gasteiger partial charge in [0, 0.05) is 15.2 Å². The molecule has 0 bridgehead atoms. The predicted molar refractivity (Wildman–Crippen MR) is 88.0 cm³/mol. The van der Waals surface area contributed by atoms with E-state index in [9.17, 15) is 8.42 Å². The van der Waals surface area contributed by atoms with Crippen LogP contribution in [-0.4, -0.2) is 8.42 Å². The Morgan fingerprint density at radius 2 is 1.57 bits per heavy atom. The van der Waals surface area contributed by atoms with Crippen molar-refractivity contribution in [3.8, 4) is 5.75 Å². The van der Waals surface area contributed by atoms with Gasteiger partial charge in [0.25, 0.3) is 9.05 Å². The van der Waals surface area contributed by atoms with Crippen LogP contribution in [0.4, 0.5) is 0 Å². The Bertz CT molecular complexity index is 738. The van der Waals surface area contributed by atoms with Gasteiger partial charge >= 0.3 is 0 Å². The van der Waals surface area contributed by atoms with Crippen LogP contribution in [0.15, 0.2) is 45.8 Å². The fourth-order valence-electron chi connectivity index (χ4n) is 1.55. The molecular formula is C13H8BrCl3O3S. The van der Waals surface area contributed by atoms with E-state index in [0.717, 1.165) is 10.0 Å². The van der Waals surface area contributed by atoms with Crippen molar-refractivity contribution >= 4 is 58.9 Å². The molecule has 0 spiro atoms. The average molecular weight is 431 g/mol. The highest BCUT2D eigenvalue weighted by Crippen LogP contribution is 2.36. The number of ether oxygens (including phenoxy) is 1. The zero-order valence-corrected chi connectivity index (χ0v) is 15.0. The molecule has 0 aromatic heterocycles. The molecule has 0 aliphatic carbocycles. The average Bonchev–Trinajstić information content (AvgIpc) is 2.38. The van der Waals surface area contributed by atoms with Crippen molar-refractivity contribution in [3.05, 3.63) is 56.5 Å². The van der Waals surface area contributed by atoms with Crippen molar-refractivity contribution in [1.29, 1.82) is 0 Å². The Balaban J connectivity index is 2.23. The lowest BCUT2D eigenvalue weighted by Crippen LogP contribution is -1.98. The van der Waals surface area contributed by atoms with E-state index in [1.807, 2.05) is 24.3 Å². The van der Waals surface area contributed by atoms with Gasteiger partial charge < -0.3 is 4.74 Å². The maximum absolute atomic E-state index is 11.3. The highest BCUT2D eigenvalue weighted by molar-refractivity contribution is 9.10. The summed E-state index contributed by atoms with van der Waals surface area (Å²) in [6, 6.07) is 9.92. The number of hydrogen-bond acceptors (Lipinski definition) is 3. The van der Waals surface area contributed by atoms with Gasteiger partial charge in [-0.15, -0.1) is 0 Å². The predicted octanol–water partition coefficient (Wildman–Crippen LogP) is 5.26. The first-order chi connectivity index (χ1) is 9.77. The molecule has 0 radical (unpaired) electrons. The second-order valence-corrected chi connectivity index (χ2v) is 8.37. The van der Waals surface area contributed by atoms with Gasteiger partial charge in [-0.25, -0.2) is 8.42 Å². The fraction of sp³-hybridized carbons (Fsp3) is 0.0769. The first-order valence-corrected chi connectivity index (χ1v) is 9.44. The standard InChI is InChI=1S/C13H8BrCl3O3S/c14-9-3-1-8(2-4-9)7-20-13-11(15)5-10(6-12(13)16)21(17,18)19/h1-6H,7H2. The highest BCUT2D eigenvalue weighted by atomic mass is 79.9. The lowest BCUT2D eigenvalue weighted by molar-refractivity contribution is 0.306. The van der Waals surface area contributed by atoms with Crippen LogP contribution in [0.25, 0.3) is 0 Å². The second kappa shape index (κ2) is 6.75. The largest absolute Gasteiger partial charge is 0.486 e. The molecule has 0 unspecified atom stereocenters. The smallest absolute Gasteiger partial charge is 0.261 e. The SMILES string of the molecule is O=S(=O)(Cl)c1cc(Cl)c(OCc2ccc(Br)cc2)c(Cl)c1. The third-order valence-electron chi connectivity index (χ3n) is 2.55. The molecule has 0 heterocycles. The lowest BCUT2D eigenvalue weighted by atomic mass is 10.2. The van der Waals surface area contributed by atoms with Crippen LogP contribution in [0.2, 0.25) is 10.0 Å². The quantitative estimate of drug-likeness (QED) is 0.621. The van der Waals surface area contributed by atoms with E-state index in [1.54, 1.807) is 0 Å². The van der Waals surface area contributed by atoms with Crippen LogP contribution in [0.3, 0.4) is 0 Å². The molecule has 0 aliphatic heterocycles. The minimum atomic E-state index is -3.89. The molecule has 112 valence electrons. The van der Waals surface area contributed by atoms with Crippen LogP contribution in [-0.2, 0) is 15.7 Å². The van der Waals surface area contributed by atoms with Crippen molar-refractivity contribution in [2.45, 2.75) is 11.5 Å². The molecule has 2 rings (SSSR count).